The van der Waals surface area contributed by atoms with Gasteiger partial charge in [-0.1, -0.05) is 51.9 Å². The van der Waals surface area contributed by atoms with E-state index in [1.165, 1.54) is 32.1 Å². The summed E-state index contributed by atoms with van der Waals surface area (Å²) in [5.41, 5.74) is 7.37. The Hall–Kier alpha value is -1.01. The van der Waals surface area contributed by atoms with Crippen molar-refractivity contribution in [2.75, 3.05) is 6.54 Å². The van der Waals surface area contributed by atoms with Gasteiger partial charge in [-0.2, -0.15) is 11.1 Å². The first-order valence-electron chi connectivity index (χ1n) is 8.38. The van der Waals surface area contributed by atoms with Gasteiger partial charge < -0.3 is 0 Å². The van der Waals surface area contributed by atoms with Gasteiger partial charge in [0.2, 0.25) is 0 Å². The molecular formula is C15H32N4O2. The molecule has 0 spiro atoms. The van der Waals surface area contributed by atoms with Crippen LogP contribution in [0.4, 0.5) is 0 Å². The van der Waals surface area contributed by atoms with E-state index in [0.717, 1.165) is 51.5 Å². The highest BCUT2D eigenvalue weighted by Crippen LogP contribution is 2.10. The second kappa shape index (κ2) is 17.0. The molecule has 0 saturated heterocycles. The third kappa shape index (κ3) is 16.9. The fourth-order valence-corrected chi connectivity index (χ4v) is 2.24. The molecule has 0 unspecified atom stereocenters. The van der Waals surface area contributed by atoms with Gasteiger partial charge in [0, 0.05) is 19.4 Å². The van der Waals surface area contributed by atoms with Crippen LogP contribution < -0.4 is 16.5 Å². The van der Waals surface area contributed by atoms with E-state index in [1.807, 2.05) is 0 Å². The van der Waals surface area contributed by atoms with Crippen molar-refractivity contribution >= 4 is 5.78 Å². The Morgan fingerprint density at radius 1 is 0.857 bits per heavy atom. The lowest BCUT2D eigenvalue weighted by atomic mass is 10.0. The summed E-state index contributed by atoms with van der Waals surface area (Å²) in [5, 5.41) is 2.44. The molecule has 6 nitrogen and oxygen atoms in total. The van der Waals surface area contributed by atoms with Crippen LogP contribution >= 0.6 is 0 Å². The third-order valence-corrected chi connectivity index (χ3v) is 3.51. The molecule has 0 bridgehead atoms. The van der Waals surface area contributed by atoms with E-state index in [4.69, 9.17) is 0 Å². The lowest BCUT2D eigenvalue weighted by molar-refractivity contribution is -0.119. The highest BCUT2D eigenvalue weighted by Gasteiger charge is 2.01. The van der Waals surface area contributed by atoms with E-state index in [0.29, 0.717) is 5.78 Å². The summed E-state index contributed by atoms with van der Waals surface area (Å²) in [7, 11) is 0. The number of nitroso groups, excluding NO2 is 1. The summed E-state index contributed by atoms with van der Waals surface area (Å²) < 4.78 is 0. The molecule has 0 rings (SSSR count). The van der Waals surface area contributed by atoms with Crippen LogP contribution in [0.3, 0.4) is 0 Å². The molecule has 6 heteroatoms. The molecule has 0 heterocycles. The number of carbonyl (C=O) groups excluding carboxylic acids is 1. The summed E-state index contributed by atoms with van der Waals surface area (Å²) in [6.45, 7) is 2.99. The Kier molecular flexibility index (Phi) is 16.2. The molecule has 0 saturated carbocycles. The number of Topliss-reactive ketones (excluding diaryl/α,β-unsaturated/α-hetero) is 1. The number of hydrogen-bond acceptors (Lipinski definition) is 5. The maximum atomic E-state index is 11.6. The fraction of sp³-hybridized carbons (Fsp3) is 0.933. The SMILES string of the molecule is CCCCCCC(=O)CCCCCCCCNNNN=O. The van der Waals surface area contributed by atoms with Gasteiger partial charge in [0.1, 0.15) is 5.78 Å². The molecule has 0 aromatic rings. The smallest absolute Gasteiger partial charge is 0.132 e. The number of carbonyl (C=O) groups is 1. The van der Waals surface area contributed by atoms with Gasteiger partial charge in [0.05, 0.1) is 5.29 Å². The lowest BCUT2D eigenvalue weighted by Crippen LogP contribution is -2.40. The standard InChI is InChI=1S/C15H32N4O2/c1-2-3-4-9-12-15(20)13-10-7-5-6-8-11-14-16-17-18-19-21/h2-14H2,1H3,(H,17,19)(H2,16,18,21). The second-order valence-electron chi connectivity index (χ2n) is 5.48. The van der Waals surface area contributed by atoms with Crippen LogP contribution in [0, 0.1) is 4.91 Å². The fourth-order valence-electron chi connectivity index (χ4n) is 2.24. The average Bonchev–Trinajstić information content (AvgIpc) is 2.49. The molecular weight excluding hydrogens is 268 g/mol. The molecule has 0 aliphatic heterocycles. The topological polar surface area (TPSA) is 82.6 Å². The molecule has 0 amide bonds. The average molecular weight is 300 g/mol. The van der Waals surface area contributed by atoms with Gasteiger partial charge in [-0.15, -0.1) is 4.91 Å². The van der Waals surface area contributed by atoms with Crippen LogP contribution in [-0.4, -0.2) is 12.3 Å². The maximum Gasteiger partial charge on any atom is 0.132 e. The molecule has 0 aliphatic carbocycles. The van der Waals surface area contributed by atoms with Gasteiger partial charge >= 0.3 is 0 Å². The van der Waals surface area contributed by atoms with E-state index in [1.54, 1.807) is 0 Å². The van der Waals surface area contributed by atoms with Crippen molar-refractivity contribution in [3.05, 3.63) is 4.91 Å². The predicted octanol–water partition coefficient (Wildman–Crippen LogP) is 3.54. The number of hydrazine groups is 2. The molecule has 0 radical (unpaired) electrons. The summed E-state index contributed by atoms with van der Waals surface area (Å²) >= 11 is 0. The summed E-state index contributed by atoms with van der Waals surface area (Å²) in [4.78, 5) is 21.3. The van der Waals surface area contributed by atoms with Crippen molar-refractivity contribution in [3.63, 3.8) is 0 Å². The number of rotatable bonds is 17. The highest BCUT2D eigenvalue weighted by atomic mass is 16.3. The van der Waals surface area contributed by atoms with Crippen LogP contribution in [0.2, 0.25) is 0 Å². The maximum absolute atomic E-state index is 11.6. The van der Waals surface area contributed by atoms with E-state index >= 15 is 0 Å². The van der Waals surface area contributed by atoms with E-state index in [2.05, 4.69) is 28.7 Å². The minimum absolute atomic E-state index is 0.442. The zero-order chi connectivity index (χ0) is 15.6. The van der Waals surface area contributed by atoms with E-state index in [9.17, 15) is 9.70 Å². The predicted molar refractivity (Wildman–Crippen MR) is 86.2 cm³/mol. The lowest BCUT2D eigenvalue weighted by Gasteiger charge is -2.04. The van der Waals surface area contributed by atoms with Crippen LogP contribution in [0.25, 0.3) is 0 Å². The van der Waals surface area contributed by atoms with Gasteiger partial charge in [-0.05, 0) is 19.3 Å². The molecule has 0 atom stereocenters. The van der Waals surface area contributed by atoms with Crippen molar-refractivity contribution in [2.24, 2.45) is 5.29 Å². The molecule has 0 aromatic carbocycles. The van der Waals surface area contributed by atoms with Crippen molar-refractivity contribution in [1.82, 2.24) is 16.5 Å². The van der Waals surface area contributed by atoms with E-state index < -0.39 is 0 Å². The number of nitrogens with zero attached hydrogens (tertiary/aromatic N) is 1. The van der Waals surface area contributed by atoms with Crippen LogP contribution in [0.1, 0.15) is 84.0 Å². The molecule has 0 aliphatic rings. The van der Waals surface area contributed by atoms with Gasteiger partial charge in [-0.25, -0.2) is 5.43 Å². The second-order valence-corrected chi connectivity index (χ2v) is 5.48. The molecule has 21 heavy (non-hydrogen) atoms. The quantitative estimate of drug-likeness (QED) is 0.217. The highest BCUT2D eigenvalue weighted by molar-refractivity contribution is 5.78. The molecule has 124 valence electrons. The first kappa shape index (κ1) is 20.0. The molecule has 0 aromatic heterocycles. The normalized spacial score (nSPS) is 10.5. The number of ketones is 1. The van der Waals surface area contributed by atoms with Crippen LogP contribution in [-0.2, 0) is 4.79 Å². The minimum Gasteiger partial charge on any atom is -0.300 e. The van der Waals surface area contributed by atoms with Crippen LogP contribution in [0.15, 0.2) is 5.29 Å². The number of hydrogen-bond donors (Lipinski definition) is 3. The monoisotopic (exact) mass is 300 g/mol. The number of nitrogens with one attached hydrogen (secondary N) is 3. The Bertz CT molecular complexity index is 250. The Morgan fingerprint density at radius 2 is 1.43 bits per heavy atom. The zero-order valence-electron chi connectivity index (χ0n) is 13.5. The van der Waals surface area contributed by atoms with Crippen molar-refractivity contribution < 1.29 is 4.79 Å². The molecule has 0 fully saturated rings. The Morgan fingerprint density at radius 3 is 2.05 bits per heavy atom. The molecule has 3 N–H and O–H groups in total. The van der Waals surface area contributed by atoms with Gasteiger partial charge in [0.25, 0.3) is 0 Å². The third-order valence-electron chi connectivity index (χ3n) is 3.51. The largest absolute Gasteiger partial charge is 0.300 e. The van der Waals surface area contributed by atoms with Gasteiger partial charge in [-0.3, -0.25) is 4.79 Å². The van der Waals surface area contributed by atoms with Crippen molar-refractivity contribution in [2.45, 2.75) is 84.0 Å². The van der Waals surface area contributed by atoms with Crippen LogP contribution in [0.5, 0.6) is 0 Å². The first-order valence-corrected chi connectivity index (χ1v) is 8.38. The Balaban J connectivity index is 3.10. The first-order chi connectivity index (χ1) is 10.3. The summed E-state index contributed by atoms with van der Waals surface area (Å²) in [6, 6.07) is 0. The number of unbranched alkanes of at least 4 members (excludes halogenated alkanes) is 8. The van der Waals surface area contributed by atoms with Crippen molar-refractivity contribution in [1.29, 1.82) is 0 Å². The Labute approximate surface area is 128 Å². The summed E-state index contributed by atoms with van der Waals surface area (Å²) in [5.74, 6) is 0.442. The summed E-state index contributed by atoms with van der Waals surface area (Å²) in [6.07, 6.45) is 13.1. The zero-order valence-corrected chi connectivity index (χ0v) is 13.5. The van der Waals surface area contributed by atoms with Crippen molar-refractivity contribution in [3.8, 4) is 0 Å². The van der Waals surface area contributed by atoms with E-state index in [-0.39, 0.29) is 0 Å². The van der Waals surface area contributed by atoms with Gasteiger partial charge in [0.15, 0.2) is 0 Å². The minimum atomic E-state index is 0.442.